The molecule has 0 spiro atoms. The minimum atomic E-state index is -1.23. The fraction of sp³-hybridized carbons (Fsp3) is 0.292. The van der Waals surface area contributed by atoms with Gasteiger partial charge in [-0.2, -0.15) is 0 Å². The topological polar surface area (TPSA) is 91.7 Å². The molecule has 34 heavy (non-hydrogen) atoms. The first kappa shape index (κ1) is 25.5. The van der Waals surface area contributed by atoms with Gasteiger partial charge in [0.25, 0.3) is 11.8 Å². The van der Waals surface area contributed by atoms with Crippen molar-refractivity contribution in [3.8, 4) is 0 Å². The zero-order chi connectivity index (χ0) is 24.9. The normalized spacial score (nSPS) is 12.1. The van der Waals surface area contributed by atoms with Gasteiger partial charge in [0.2, 0.25) is 5.91 Å². The number of furan rings is 1. The van der Waals surface area contributed by atoms with Gasteiger partial charge in [-0.3, -0.25) is 19.3 Å². The molecule has 1 aromatic carbocycles. The highest BCUT2D eigenvalue weighted by molar-refractivity contribution is 7.12. The summed E-state index contributed by atoms with van der Waals surface area (Å²) in [5, 5.41) is 7.03. The Morgan fingerprint density at radius 3 is 2.56 bits per heavy atom. The number of anilines is 1. The Kier molecular flexibility index (Phi) is 8.11. The van der Waals surface area contributed by atoms with Crippen molar-refractivity contribution < 1.29 is 23.2 Å². The summed E-state index contributed by atoms with van der Waals surface area (Å²) in [6.45, 7) is 5.22. The number of hydrogen-bond donors (Lipinski definition) is 2. The zero-order valence-corrected chi connectivity index (χ0v) is 20.5. The smallest absolute Gasteiger partial charge is 0.261 e. The summed E-state index contributed by atoms with van der Waals surface area (Å²) in [7, 11) is 0. The monoisotopic (exact) mass is 505 g/mol. The van der Waals surface area contributed by atoms with Gasteiger partial charge in [-0.1, -0.05) is 24.6 Å². The summed E-state index contributed by atoms with van der Waals surface area (Å²) < 4.78 is 19.4. The Morgan fingerprint density at radius 1 is 1.21 bits per heavy atom. The molecule has 3 rings (SSSR count). The SMILES string of the molecule is CCC(C)(C)NC(=O)[C@@H](c1ccco1)N(C(=O)CNC(=O)c1cccs1)c1ccc(F)c(Cl)c1. The van der Waals surface area contributed by atoms with Gasteiger partial charge in [-0.25, -0.2) is 4.39 Å². The van der Waals surface area contributed by atoms with Crippen LogP contribution in [-0.4, -0.2) is 29.8 Å². The summed E-state index contributed by atoms with van der Waals surface area (Å²) >= 11 is 7.22. The lowest BCUT2D eigenvalue weighted by Gasteiger charge is -2.33. The van der Waals surface area contributed by atoms with E-state index in [2.05, 4.69) is 10.6 Å². The second-order valence-electron chi connectivity index (χ2n) is 8.17. The Bertz CT molecular complexity index is 1150. The molecule has 0 saturated carbocycles. The number of nitrogens with zero attached hydrogens (tertiary/aromatic N) is 1. The highest BCUT2D eigenvalue weighted by Crippen LogP contribution is 2.31. The lowest BCUT2D eigenvalue weighted by Crippen LogP contribution is -2.52. The lowest BCUT2D eigenvalue weighted by atomic mass is 10.0. The molecule has 2 N–H and O–H groups in total. The fourth-order valence-electron chi connectivity index (χ4n) is 3.12. The fourth-order valence-corrected chi connectivity index (χ4v) is 3.93. The van der Waals surface area contributed by atoms with Crippen molar-refractivity contribution >= 4 is 46.3 Å². The van der Waals surface area contributed by atoms with E-state index in [1.54, 1.807) is 29.6 Å². The predicted molar refractivity (Wildman–Crippen MR) is 130 cm³/mol. The number of halogens is 2. The molecule has 180 valence electrons. The van der Waals surface area contributed by atoms with Crippen molar-refractivity contribution in [2.75, 3.05) is 11.4 Å². The van der Waals surface area contributed by atoms with Crippen LogP contribution in [0.3, 0.4) is 0 Å². The molecule has 3 aromatic rings. The van der Waals surface area contributed by atoms with Crippen LogP contribution < -0.4 is 15.5 Å². The number of rotatable bonds is 9. The van der Waals surface area contributed by atoms with Gasteiger partial charge in [0.15, 0.2) is 6.04 Å². The summed E-state index contributed by atoms with van der Waals surface area (Å²) in [5.74, 6) is -2.01. The van der Waals surface area contributed by atoms with Gasteiger partial charge in [0.1, 0.15) is 11.6 Å². The number of nitrogens with one attached hydrogen (secondary N) is 2. The Hall–Kier alpha value is -3.17. The third-order valence-electron chi connectivity index (χ3n) is 5.26. The molecule has 0 bridgehead atoms. The third kappa shape index (κ3) is 6.03. The van der Waals surface area contributed by atoms with E-state index in [4.69, 9.17) is 16.0 Å². The first-order valence-electron chi connectivity index (χ1n) is 10.6. The van der Waals surface area contributed by atoms with Crippen LogP contribution in [0.5, 0.6) is 0 Å². The molecule has 7 nitrogen and oxygen atoms in total. The van der Waals surface area contributed by atoms with Crippen LogP contribution in [0.2, 0.25) is 5.02 Å². The Balaban J connectivity index is 2.00. The third-order valence-corrected chi connectivity index (χ3v) is 6.42. The van der Waals surface area contributed by atoms with Crippen LogP contribution in [0.15, 0.2) is 58.5 Å². The second kappa shape index (κ2) is 10.8. The highest BCUT2D eigenvalue weighted by atomic mass is 35.5. The zero-order valence-electron chi connectivity index (χ0n) is 18.9. The van der Waals surface area contributed by atoms with Crippen LogP contribution in [0.4, 0.5) is 10.1 Å². The number of hydrogen-bond acceptors (Lipinski definition) is 5. The van der Waals surface area contributed by atoms with Crippen molar-refractivity contribution in [1.29, 1.82) is 0 Å². The molecule has 0 saturated heterocycles. The summed E-state index contributed by atoms with van der Waals surface area (Å²) in [6.07, 6.45) is 2.02. The molecule has 0 aliphatic heterocycles. The molecule has 0 aliphatic rings. The van der Waals surface area contributed by atoms with Gasteiger partial charge in [0, 0.05) is 11.2 Å². The molecular formula is C24H25ClFN3O4S. The van der Waals surface area contributed by atoms with Crippen LogP contribution >= 0.6 is 22.9 Å². The van der Waals surface area contributed by atoms with E-state index in [0.717, 1.165) is 11.0 Å². The van der Waals surface area contributed by atoms with E-state index in [1.165, 1.54) is 29.7 Å². The van der Waals surface area contributed by atoms with E-state index in [0.29, 0.717) is 11.3 Å². The van der Waals surface area contributed by atoms with Crippen LogP contribution in [0, 0.1) is 5.82 Å². The molecule has 1 atom stereocenters. The molecule has 0 fully saturated rings. The maximum absolute atomic E-state index is 13.9. The van der Waals surface area contributed by atoms with Gasteiger partial charge in [-0.15, -0.1) is 11.3 Å². The van der Waals surface area contributed by atoms with Crippen LogP contribution in [0.1, 0.15) is 48.7 Å². The average molecular weight is 506 g/mol. The first-order valence-corrected chi connectivity index (χ1v) is 11.8. The molecule has 0 unspecified atom stereocenters. The maximum Gasteiger partial charge on any atom is 0.261 e. The summed E-state index contributed by atoms with van der Waals surface area (Å²) in [5.41, 5.74) is -0.391. The van der Waals surface area contributed by atoms with E-state index in [-0.39, 0.29) is 16.5 Å². The largest absolute Gasteiger partial charge is 0.467 e. The Labute approximate surface area is 205 Å². The predicted octanol–water partition coefficient (Wildman–Crippen LogP) is 4.94. The minimum Gasteiger partial charge on any atom is -0.467 e. The number of carbonyl (C=O) groups excluding carboxylic acids is 3. The molecule has 3 amide bonds. The standard InChI is InChI=1S/C24H25ClFN3O4S/c1-4-24(2,3)28-23(32)21(18-7-5-11-33-18)29(15-9-10-17(26)16(25)13-15)20(30)14-27-22(31)19-8-6-12-34-19/h5-13,21H,4,14H2,1-3H3,(H,27,31)(H,28,32)/t21-/m1/s1. The number of thiophene rings is 1. The van der Waals surface area contributed by atoms with Gasteiger partial charge >= 0.3 is 0 Å². The molecule has 0 aliphatic carbocycles. The van der Waals surface area contributed by atoms with Crippen molar-refractivity contribution in [3.05, 3.63) is 75.6 Å². The average Bonchev–Trinajstić information content (AvgIpc) is 3.51. The van der Waals surface area contributed by atoms with E-state index >= 15 is 0 Å². The van der Waals surface area contributed by atoms with Crippen LogP contribution in [-0.2, 0) is 9.59 Å². The second-order valence-corrected chi connectivity index (χ2v) is 9.52. The number of amides is 3. The van der Waals surface area contributed by atoms with Gasteiger partial charge < -0.3 is 15.1 Å². The van der Waals surface area contributed by atoms with Crippen molar-refractivity contribution in [3.63, 3.8) is 0 Å². The molecule has 2 aromatic heterocycles. The number of carbonyl (C=O) groups is 3. The van der Waals surface area contributed by atoms with E-state index < -0.39 is 41.7 Å². The highest BCUT2D eigenvalue weighted by Gasteiger charge is 2.37. The van der Waals surface area contributed by atoms with E-state index in [1.807, 2.05) is 20.8 Å². The van der Waals surface area contributed by atoms with Crippen molar-refractivity contribution in [2.45, 2.75) is 38.8 Å². The number of benzene rings is 1. The lowest BCUT2D eigenvalue weighted by molar-refractivity contribution is -0.128. The molecule has 2 heterocycles. The molecule has 10 heteroatoms. The first-order chi connectivity index (χ1) is 16.1. The van der Waals surface area contributed by atoms with Gasteiger partial charge in [-0.05, 0) is 62.0 Å². The Morgan fingerprint density at radius 2 is 1.97 bits per heavy atom. The molecular weight excluding hydrogens is 481 g/mol. The summed E-state index contributed by atoms with van der Waals surface area (Å²) in [6, 6.07) is 8.99. The van der Waals surface area contributed by atoms with Crippen molar-refractivity contribution in [1.82, 2.24) is 10.6 Å². The maximum atomic E-state index is 13.9. The van der Waals surface area contributed by atoms with Gasteiger partial charge in [0.05, 0.1) is 22.7 Å². The minimum absolute atomic E-state index is 0.174. The molecule has 0 radical (unpaired) electrons. The van der Waals surface area contributed by atoms with Crippen LogP contribution in [0.25, 0.3) is 0 Å². The van der Waals surface area contributed by atoms with Crippen molar-refractivity contribution in [2.24, 2.45) is 0 Å². The quantitative estimate of drug-likeness (QED) is 0.431. The van der Waals surface area contributed by atoms with E-state index in [9.17, 15) is 18.8 Å². The summed E-state index contributed by atoms with van der Waals surface area (Å²) in [4.78, 5) is 40.9.